The molecular formula is C10H13N2O5+. The number of carbonyl (C=O) groups is 2. The molecule has 92 valence electrons. The van der Waals surface area contributed by atoms with Gasteiger partial charge in [0.15, 0.2) is 0 Å². The van der Waals surface area contributed by atoms with Crippen LogP contribution in [0.3, 0.4) is 0 Å². The van der Waals surface area contributed by atoms with Gasteiger partial charge in [0, 0.05) is 6.42 Å². The van der Waals surface area contributed by atoms with Crippen molar-refractivity contribution in [1.82, 2.24) is 5.32 Å². The molecule has 1 fully saturated rings. The third kappa shape index (κ3) is 2.12. The second kappa shape index (κ2) is 4.36. The zero-order chi connectivity index (χ0) is 12.6. The highest BCUT2D eigenvalue weighted by atomic mass is 16.5. The fourth-order valence-electron chi connectivity index (χ4n) is 1.79. The Balaban J connectivity index is 2.18. The predicted molar refractivity (Wildman–Crippen MR) is 55.4 cm³/mol. The van der Waals surface area contributed by atoms with E-state index in [-0.39, 0.29) is 18.6 Å². The summed E-state index contributed by atoms with van der Waals surface area (Å²) in [5.41, 5.74) is 0.134. The van der Waals surface area contributed by atoms with Gasteiger partial charge in [-0.1, -0.05) is 6.58 Å². The lowest BCUT2D eigenvalue weighted by Gasteiger charge is -2.15. The third-order valence-electron chi connectivity index (χ3n) is 2.74. The van der Waals surface area contributed by atoms with Gasteiger partial charge >= 0.3 is 11.9 Å². The summed E-state index contributed by atoms with van der Waals surface area (Å²) >= 11 is 0. The lowest BCUT2D eigenvalue weighted by Crippen LogP contribution is -2.48. The first-order chi connectivity index (χ1) is 8.02. The highest BCUT2D eigenvalue weighted by molar-refractivity contribution is 6.17. The van der Waals surface area contributed by atoms with Crippen molar-refractivity contribution in [2.45, 2.75) is 24.9 Å². The first-order valence-corrected chi connectivity index (χ1v) is 5.14. The summed E-state index contributed by atoms with van der Waals surface area (Å²) in [5.74, 6) is -0.552. The number of rotatable bonds is 2. The Bertz CT molecular complexity index is 417. The standard InChI is InChI=1S/C10H12N2O5/c1-5-3-12(10(16)11-9(5)15)8-2-6(14)7(4-13)17-8/h3,6-8,13-14H,1-2,4H2/p+1/t6-,7+,8+/m0/s1. The molecule has 0 aliphatic carbocycles. The number of nitrogens with one attached hydrogen (secondary N) is 1. The summed E-state index contributed by atoms with van der Waals surface area (Å²) in [6.45, 7) is 3.15. The predicted octanol–water partition coefficient (Wildman–Crippen LogP) is -1.66. The summed E-state index contributed by atoms with van der Waals surface area (Å²) in [6.07, 6.45) is -0.800. The van der Waals surface area contributed by atoms with Crippen molar-refractivity contribution in [1.29, 1.82) is 0 Å². The van der Waals surface area contributed by atoms with E-state index in [2.05, 4.69) is 11.9 Å². The number of carbonyl (C=O) groups excluding carboxylic acids is 2. The molecule has 0 unspecified atom stereocenters. The molecule has 3 N–H and O–H groups in total. The van der Waals surface area contributed by atoms with Crippen LogP contribution in [0.15, 0.2) is 12.2 Å². The van der Waals surface area contributed by atoms with Gasteiger partial charge in [-0.15, -0.1) is 0 Å². The number of imide groups is 1. The molecule has 2 rings (SSSR count). The van der Waals surface area contributed by atoms with Crippen LogP contribution in [-0.4, -0.2) is 58.0 Å². The Morgan fingerprint density at radius 2 is 2.29 bits per heavy atom. The van der Waals surface area contributed by atoms with Crippen LogP contribution in [0.2, 0.25) is 0 Å². The van der Waals surface area contributed by atoms with E-state index in [1.54, 1.807) is 0 Å². The van der Waals surface area contributed by atoms with Gasteiger partial charge in [-0.2, -0.15) is 14.7 Å². The molecule has 0 bridgehead atoms. The number of urea groups is 1. The number of hydrogen-bond acceptors (Lipinski definition) is 5. The second-order valence-corrected chi connectivity index (χ2v) is 3.94. The minimum Gasteiger partial charge on any atom is -0.394 e. The molecule has 1 saturated heterocycles. The summed E-state index contributed by atoms with van der Waals surface area (Å²) in [4.78, 5) is 22.7. The van der Waals surface area contributed by atoms with Crippen molar-refractivity contribution < 1.29 is 29.1 Å². The quantitative estimate of drug-likeness (QED) is 0.397. The van der Waals surface area contributed by atoms with Crippen LogP contribution < -0.4 is 5.32 Å². The largest absolute Gasteiger partial charge is 0.500 e. The maximum atomic E-state index is 11.5. The average Bonchev–Trinajstić information content (AvgIpc) is 2.65. The van der Waals surface area contributed by atoms with Crippen molar-refractivity contribution >= 4 is 18.2 Å². The van der Waals surface area contributed by atoms with Crippen molar-refractivity contribution in [3.05, 3.63) is 12.2 Å². The van der Waals surface area contributed by atoms with Crippen molar-refractivity contribution in [3.63, 3.8) is 0 Å². The minimum atomic E-state index is -0.836. The van der Waals surface area contributed by atoms with Crippen LogP contribution in [-0.2, 0) is 9.53 Å². The molecule has 2 aliphatic heterocycles. The molecule has 0 aromatic rings. The van der Waals surface area contributed by atoms with Crippen LogP contribution in [0.1, 0.15) is 6.42 Å². The molecule has 3 amide bonds. The number of ether oxygens (including phenoxy) is 1. The number of aliphatic hydroxyl groups excluding tert-OH is 2. The first-order valence-electron chi connectivity index (χ1n) is 5.14. The average molecular weight is 241 g/mol. The fraction of sp³-hybridized carbons (Fsp3) is 0.500. The summed E-state index contributed by atoms with van der Waals surface area (Å²) < 4.78 is 6.45. The van der Waals surface area contributed by atoms with Crippen LogP contribution in [0.25, 0.3) is 0 Å². The van der Waals surface area contributed by atoms with Gasteiger partial charge < -0.3 is 14.9 Å². The Labute approximate surface area is 97.0 Å². The van der Waals surface area contributed by atoms with Crippen LogP contribution in [0, 0.1) is 0 Å². The highest BCUT2D eigenvalue weighted by Crippen LogP contribution is 2.21. The van der Waals surface area contributed by atoms with Gasteiger partial charge in [-0.05, 0) is 0 Å². The van der Waals surface area contributed by atoms with Crippen molar-refractivity contribution in [3.8, 4) is 0 Å². The first kappa shape index (κ1) is 11.9. The number of hydrogen-bond donors (Lipinski definition) is 3. The molecule has 0 radical (unpaired) electrons. The zero-order valence-corrected chi connectivity index (χ0v) is 9.00. The molecule has 2 heterocycles. The molecule has 3 atom stereocenters. The van der Waals surface area contributed by atoms with E-state index in [0.29, 0.717) is 0 Å². The molecule has 0 aromatic carbocycles. The fourth-order valence-corrected chi connectivity index (χ4v) is 1.79. The van der Waals surface area contributed by atoms with Crippen LogP contribution in [0.4, 0.5) is 4.79 Å². The van der Waals surface area contributed by atoms with E-state index in [1.165, 1.54) is 6.21 Å². The lowest BCUT2D eigenvalue weighted by atomic mass is 10.2. The van der Waals surface area contributed by atoms with Gasteiger partial charge in [-0.3, -0.25) is 0 Å². The number of nitrogens with zero attached hydrogens (tertiary/aromatic N) is 1. The molecule has 7 heteroatoms. The van der Waals surface area contributed by atoms with Gasteiger partial charge in [-0.25, -0.2) is 4.79 Å². The van der Waals surface area contributed by atoms with E-state index < -0.39 is 30.4 Å². The van der Waals surface area contributed by atoms with E-state index in [9.17, 15) is 14.7 Å². The van der Waals surface area contributed by atoms with Crippen molar-refractivity contribution in [2.24, 2.45) is 0 Å². The third-order valence-corrected chi connectivity index (χ3v) is 2.74. The molecular weight excluding hydrogens is 228 g/mol. The summed E-state index contributed by atoms with van der Waals surface area (Å²) in [7, 11) is 0. The van der Waals surface area contributed by atoms with E-state index in [1.807, 2.05) is 0 Å². The molecule has 7 nitrogen and oxygen atoms in total. The topological polar surface area (TPSA) is 98.9 Å². The Hall–Kier alpha value is -1.57. The van der Waals surface area contributed by atoms with Gasteiger partial charge in [0.25, 0.3) is 0 Å². The van der Waals surface area contributed by atoms with Gasteiger partial charge in [0.2, 0.25) is 6.23 Å². The van der Waals surface area contributed by atoms with E-state index in [4.69, 9.17) is 9.84 Å². The van der Waals surface area contributed by atoms with E-state index in [0.717, 1.165) is 4.58 Å². The zero-order valence-electron chi connectivity index (χ0n) is 9.00. The van der Waals surface area contributed by atoms with Gasteiger partial charge in [0.1, 0.15) is 12.3 Å². The lowest BCUT2D eigenvalue weighted by molar-refractivity contribution is -0.523. The minimum absolute atomic E-state index is 0.134. The monoisotopic (exact) mass is 241 g/mol. The Morgan fingerprint density at radius 3 is 2.88 bits per heavy atom. The second-order valence-electron chi connectivity index (χ2n) is 3.94. The Morgan fingerprint density at radius 1 is 1.59 bits per heavy atom. The van der Waals surface area contributed by atoms with E-state index >= 15 is 0 Å². The molecule has 17 heavy (non-hydrogen) atoms. The SMILES string of the molecule is C=C1C=[N+]([C@H]2C[C@H](O)[C@@H](CO)O2)C(=O)NC1=O. The van der Waals surface area contributed by atoms with Crippen LogP contribution >= 0.6 is 0 Å². The molecule has 2 aliphatic rings. The summed E-state index contributed by atoms with van der Waals surface area (Å²) in [5, 5.41) is 20.6. The normalized spacial score (nSPS) is 33.6. The number of amides is 3. The number of aliphatic hydroxyl groups is 2. The van der Waals surface area contributed by atoms with Crippen molar-refractivity contribution in [2.75, 3.05) is 6.61 Å². The maximum absolute atomic E-state index is 11.5. The maximum Gasteiger partial charge on any atom is 0.500 e. The molecule has 0 aromatic heterocycles. The Kier molecular flexibility index (Phi) is 3.05. The highest BCUT2D eigenvalue weighted by Gasteiger charge is 2.42. The van der Waals surface area contributed by atoms with Crippen LogP contribution in [0.5, 0.6) is 0 Å². The molecule has 0 spiro atoms. The van der Waals surface area contributed by atoms with Gasteiger partial charge in [0.05, 0.1) is 18.3 Å². The smallest absolute Gasteiger partial charge is 0.394 e. The molecule has 0 saturated carbocycles. The summed E-state index contributed by atoms with van der Waals surface area (Å²) in [6, 6.07) is -0.627.